The first-order valence-electron chi connectivity index (χ1n) is 6.18. The number of piperidine rings is 1. The number of nitrogens with two attached hydrogens (primary N) is 1. The number of rotatable bonds is 4. The zero-order valence-corrected chi connectivity index (χ0v) is 11.1. The predicted molar refractivity (Wildman–Crippen MR) is 70.2 cm³/mol. The standard InChI is InChI=1S/C12H19N3O2S/c13-8-12-2-1-7-15(9-12)18(16,17)10-11-3-5-14-6-4-11/h3-6,12H,1-2,7-10,13H2/t12-/m0/s1. The summed E-state index contributed by atoms with van der Waals surface area (Å²) in [4.78, 5) is 3.89. The molecule has 1 atom stereocenters. The topological polar surface area (TPSA) is 76.3 Å². The van der Waals surface area contributed by atoms with Gasteiger partial charge in [0.15, 0.2) is 0 Å². The number of aromatic nitrogens is 1. The molecule has 1 aliphatic heterocycles. The Morgan fingerprint density at radius 3 is 2.78 bits per heavy atom. The van der Waals surface area contributed by atoms with Gasteiger partial charge in [0.2, 0.25) is 10.0 Å². The highest BCUT2D eigenvalue weighted by Gasteiger charge is 2.28. The molecule has 0 bridgehead atoms. The molecule has 1 aliphatic rings. The molecular formula is C12H19N3O2S. The van der Waals surface area contributed by atoms with Crippen LogP contribution in [-0.2, 0) is 15.8 Å². The third kappa shape index (κ3) is 3.28. The van der Waals surface area contributed by atoms with Crippen molar-refractivity contribution in [1.29, 1.82) is 0 Å². The number of hydrogen-bond acceptors (Lipinski definition) is 4. The van der Waals surface area contributed by atoms with Crippen LogP contribution in [0.5, 0.6) is 0 Å². The Labute approximate surface area is 108 Å². The van der Waals surface area contributed by atoms with Crippen LogP contribution in [0.3, 0.4) is 0 Å². The van der Waals surface area contributed by atoms with Gasteiger partial charge in [-0.15, -0.1) is 0 Å². The number of sulfonamides is 1. The summed E-state index contributed by atoms with van der Waals surface area (Å²) in [6.45, 7) is 1.73. The highest BCUT2D eigenvalue weighted by molar-refractivity contribution is 7.88. The summed E-state index contributed by atoms with van der Waals surface area (Å²) in [6, 6.07) is 3.48. The average Bonchev–Trinajstić information content (AvgIpc) is 2.39. The molecule has 1 aromatic rings. The molecule has 2 N–H and O–H groups in total. The lowest BCUT2D eigenvalue weighted by atomic mass is 10.0. The fraction of sp³-hybridized carbons (Fsp3) is 0.583. The van der Waals surface area contributed by atoms with E-state index in [0.717, 1.165) is 18.4 Å². The van der Waals surface area contributed by atoms with Gasteiger partial charge in [-0.3, -0.25) is 4.98 Å². The number of nitrogens with zero attached hydrogens (tertiary/aromatic N) is 2. The Bertz CT molecular complexity index is 475. The maximum Gasteiger partial charge on any atom is 0.218 e. The molecule has 18 heavy (non-hydrogen) atoms. The first kappa shape index (κ1) is 13.5. The zero-order valence-electron chi connectivity index (χ0n) is 10.3. The Balaban J connectivity index is 2.06. The van der Waals surface area contributed by atoms with Crippen LogP contribution < -0.4 is 5.73 Å². The van der Waals surface area contributed by atoms with Gasteiger partial charge in [0.25, 0.3) is 0 Å². The molecule has 1 aromatic heterocycles. The molecule has 0 unspecified atom stereocenters. The first-order valence-corrected chi connectivity index (χ1v) is 7.79. The molecule has 2 heterocycles. The molecule has 2 rings (SSSR count). The normalized spacial score (nSPS) is 21.9. The second-order valence-corrected chi connectivity index (χ2v) is 6.68. The predicted octanol–water partition coefficient (Wildman–Crippen LogP) is 0.582. The van der Waals surface area contributed by atoms with Crippen LogP contribution in [0, 0.1) is 5.92 Å². The molecule has 0 aliphatic carbocycles. The molecule has 0 aromatic carbocycles. The molecule has 6 heteroatoms. The summed E-state index contributed by atoms with van der Waals surface area (Å²) in [5.74, 6) is 0.346. The van der Waals surface area contributed by atoms with Gasteiger partial charge in [-0.1, -0.05) is 0 Å². The molecule has 0 radical (unpaired) electrons. The molecule has 0 spiro atoms. The first-order chi connectivity index (χ1) is 8.62. The second-order valence-electron chi connectivity index (χ2n) is 4.71. The van der Waals surface area contributed by atoms with E-state index in [-0.39, 0.29) is 5.75 Å². The largest absolute Gasteiger partial charge is 0.330 e. The highest BCUT2D eigenvalue weighted by atomic mass is 32.2. The van der Waals surface area contributed by atoms with Gasteiger partial charge in [0, 0.05) is 25.5 Å². The smallest absolute Gasteiger partial charge is 0.218 e. The van der Waals surface area contributed by atoms with E-state index in [1.165, 1.54) is 0 Å². The van der Waals surface area contributed by atoms with E-state index in [9.17, 15) is 8.42 Å². The summed E-state index contributed by atoms with van der Waals surface area (Å²) in [5.41, 5.74) is 6.41. The Morgan fingerprint density at radius 2 is 2.11 bits per heavy atom. The Morgan fingerprint density at radius 1 is 1.39 bits per heavy atom. The zero-order chi connectivity index (χ0) is 13.0. The average molecular weight is 269 g/mol. The van der Waals surface area contributed by atoms with E-state index < -0.39 is 10.0 Å². The van der Waals surface area contributed by atoms with Crippen LogP contribution in [0.2, 0.25) is 0 Å². The maximum atomic E-state index is 12.3. The van der Waals surface area contributed by atoms with Gasteiger partial charge >= 0.3 is 0 Å². The SMILES string of the molecule is NC[C@@H]1CCCN(S(=O)(=O)Cc2ccncc2)C1. The van der Waals surface area contributed by atoms with Crippen molar-refractivity contribution in [1.82, 2.24) is 9.29 Å². The fourth-order valence-corrected chi connectivity index (χ4v) is 3.89. The number of hydrogen-bond donors (Lipinski definition) is 1. The lowest BCUT2D eigenvalue weighted by molar-refractivity contribution is 0.271. The molecule has 0 saturated carbocycles. The van der Waals surface area contributed by atoms with E-state index >= 15 is 0 Å². The van der Waals surface area contributed by atoms with Crippen molar-refractivity contribution in [3.05, 3.63) is 30.1 Å². The Kier molecular flexibility index (Phi) is 4.31. The van der Waals surface area contributed by atoms with Crippen LogP contribution in [0.4, 0.5) is 0 Å². The summed E-state index contributed by atoms with van der Waals surface area (Å²) in [6.07, 6.45) is 5.16. The molecule has 1 fully saturated rings. The van der Waals surface area contributed by atoms with Crippen LogP contribution in [0.1, 0.15) is 18.4 Å². The van der Waals surface area contributed by atoms with E-state index in [2.05, 4.69) is 4.98 Å². The number of pyridine rings is 1. The lowest BCUT2D eigenvalue weighted by Crippen LogP contribution is -2.42. The van der Waals surface area contributed by atoms with Gasteiger partial charge < -0.3 is 5.73 Å². The minimum Gasteiger partial charge on any atom is -0.330 e. The van der Waals surface area contributed by atoms with Crippen LogP contribution >= 0.6 is 0 Å². The van der Waals surface area contributed by atoms with E-state index in [1.54, 1.807) is 28.8 Å². The summed E-state index contributed by atoms with van der Waals surface area (Å²) in [7, 11) is -3.23. The van der Waals surface area contributed by atoms with E-state index in [4.69, 9.17) is 5.73 Å². The fourth-order valence-electron chi connectivity index (χ4n) is 2.25. The van der Waals surface area contributed by atoms with Crippen molar-refractivity contribution < 1.29 is 8.42 Å². The van der Waals surface area contributed by atoms with Crippen molar-refractivity contribution in [3.8, 4) is 0 Å². The minimum absolute atomic E-state index is 0.0484. The maximum absolute atomic E-state index is 12.3. The monoisotopic (exact) mass is 269 g/mol. The van der Waals surface area contributed by atoms with Gasteiger partial charge in [-0.25, -0.2) is 12.7 Å². The highest BCUT2D eigenvalue weighted by Crippen LogP contribution is 2.20. The molecular weight excluding hydrogens is 250 g/mol. The van der Waals surface area contributed by atoms with Gasteiger partial charge in [0.1, 0.15) is 0 Å². The summed E-state index contributed by atoms with van der Waals surface area (Å²) >= 11 is 0. The molecule has 100 valence electrons. The summed E-state index contributed by atoms with van der Waals surface area (Å²) < 4.78 is 26.1. The lowest BCUT2D eigenvalue weighted by Gasteiger charge is -2.31. The van der Waals surface area contributed by atoms with Crippen LogP contribution in [-0.4, -0.2) is 37.3 Å². The van der Waals surface area contributed by atoms with E-state index in [1.807, 2.05) is 0 Å². The van der Waals surface area contributed by atoms with Crippen molar-refractivity contribution in [3.63, 3.8) is 0 Å². The van der Waals surface area contributed by atoms with Gasteiger partial charge in [0.05, 0.1) is 5.75 Å². The van der Waals surface area contributed by atoms with Gasteiger partial charge in [-0.05, 0) is 43.0 Å². The third-order valence-corrected chi connectivity index (χ3v) is 5.12. The Hall–Kier alpha value is -0.980. The summed E-state index contributed by atoms with van der Waals surface area (Å²) in [5, 5.41) is 0. The van der Waals surface area contributed by atoms with Crippen molar-refractivity contribution in [2.24, 2.45) is 11.7 Å². The van der Waals surface area contributed by atoms with Crippen LogP contribution in [0.25, 0.3) is 0 Å². The second kappa shape index (κ2) is 5.77. The third-order valence-electron chi connectivity index (χ3n) is 3.31. The van der Waals surface area contributed by atoms with Crippen molar-refractivity contribution in [2.45, 2.75) is 18.6 Å². The van der Waals surface area contributed by atoms with Crippen molar-refractivity contribution in [2.75, 3.05) is 19.6 Å². The molecule has 1 saturated heterocycles. The van der Waals surface area contributed by atoms with E-state index in [0.29, 0.717) is 25.6 Å². The quantitative estimate of drug-likeness (QED) is 0.867. The molecule has 5 nitrogen and oxygen atoms in total. The molecule has 0 amide bonds. The minimum atomic E-state index is -3.23. The van der Waals surface area contributed by atoms with Crippen LogP contribution in [0.15, 0.2) is 24.5 Å². The van der Waals surface area contributed by atoms with Gasteiger partial charge in [-0.2, -0.15) is 0 Å². The van der Waals surface area contributed by atoms with Crippen molar-refractivity contribution >= 4 is 10.0 Å².